The van der Waals surface area contributed by atoms with Gasteiger partial charge in [-0.1, -0.05) is 19.3 Å². The molecular formula is C13H21N3O. The summed E-state index contributed by atoms with van der Waals surface area (Å²) in [7, 11) is 1.66. The van der Waals surface area contributed by atoms with E-state index in [1.807, 2.05) is 13.0 Å². The van der Waals surface area contributed by atoms with Crippen LogP contribution in [0, 0.1) is 0 Å². The van der Waals surface area contributed by atoms with E-state index >= 15 is 0 Å². The van der Waals surface area contributed by atoms with Crippen molar-refractivity contribution in [3.63, 3.8) is 0 Å². The topological polar surface area (TPSA) is 61.0 Å². The van der Waals surface area contributed by atoms with Crippen molar-refractivity contribution in [2.75, 3.05) is 12.8 Å². The van der Waals surface area contributed by atoms with E-state index in [2.05, 4.69) is 9.97 Å². The molecule has 4 heteroatoms. The summed E-state index contributed by atoms with van der Waals surface area (Å²) in [5, 5.41) is 0. The van der Waals surface area contributed by atoms with E-state index in [-0.39, 0.29) is 6.10 Å². The molecule has 1 atom stereocenters. The maximum Gasteiger partial charge on any atom is 0.159 e. The van der Waals surface area contributed by atoms with E-state index in [1.54, 1.807) is 7.11 Å². The Hall–Kier alpha value is -1.16. The Morgan fingerprint density at radius 3 is 2.65 bits per heavy atom. The zero-order chi connectivity index (χ0) is 12.3. The van der Waals surface area contributed by atoms with Crippen molar-refractivity contribution in [1.82, 2.24) is 9.97 Å². The summed E-state index contributed by atoms with van der Waals surface area (Å²) in [6, 6.07) is 1.92. The highest BCUT2D eigenvalue weighted by Gasteiger charge is 2.19. The molecule has 1 aromatic rings. The molecule has 0 saturated heterocycles. The van der Waals surface area contributed by atoms with Crippen molar-refractivity contribution in [1.29, 1.82) is 0 Å². The van der Waals surface area contributed by atoms with Gasteiger partial charge in [-0.15, -0.1) is 0 Å². The third kappa shape index (κ3) is 2.94. The number of nitrogens with two attached hydrogens (primary N) is 1. The van der Waals surface area contributed by atoms with Crippen LogP contribution in [0.2, 0.25) is 0 Å². The molecule has 0 spiro atoms. The maximum atomic E-state index is 5.85. The number of hydrogen-bond donors (Lipinski definition) is 1. The van der Waals surface area contributed by atoms with E-state index in [1.165, 1.54) is 32.1 Å². The molecule has 0 unspecified atom stereocenters. The average molecular weight is 235 g/mol. The van der Waals surface area contributed by atoms with E-state index in [0.717, 1.165) is 5.69 Å². The minimum Gasteiger partial charge on any atom is -0.384 e. The lowest BCUT2D eigenvalue weighted by Gasteiger charge is -2.22. The summed E-state index contributed by atoms with van der Waals surface area (Å²) < 4.78 is 5.25. The Morgan fingerprint density at radius 2 is 2.00 bits per heavy atom. The standard InChI is InChI=1S/C13H21N3O/c1-9(17-2)13-15-11(8-12(14)16-13)10-6-4-3-5-7-10/h8-10H,3-7H2,1-2H3,(H2,14,15,16)/t9-/m0/s1. The highest BCUT2D eigenvalue weighted by Crippen LogP contribution is 2.32. The second-order valence-electron chi connectivity index (χ2n) is 4.79. The van der Waals surface area contributed by atoms with Crippen LogP contribution in [0.25, 0.3) is 0 Å². The normalized spacial score (nSPS) is 19.2. The van der Waals surface area contributed by atoms with E-state index in [9.17, 15) is 0 Å². The number of nitrogens with zero attached hydrogens (tertiary/aromatic N) is 2. The van der Waals surface area contributed by atoms with Crippen LogP contribution >= 0.6 is 0 Å². The SMILES string of the molecule is CO[C@@H](C)c1nc(N)cc(C2CCCCC2)n1. The fraction of sp³-hybridized carbons (Fsp3) is 0.692. The summed E-state index contributed by atoms with van der Waals surface area (Å²) in [4.78, 5) is 8.85. The molecular weight excluding hydrogens is 214 g/mol. The van der Waals surface area contributed by atoms with Gasteiger partial charge in [-0.3, -0.25) is 0 Å². The van der Waals surface area contributed by atoms with Crippen LogP contribution in [0.3, 0.4) is 0 Å². The molecule has 1 aliphatic rings. The molecule has 1 heterocycles. The Morgan fingerprint density at radius 1 is 1.29 bits per heavy atom. The smallest absolute Gasteiger partial charge is 0.159 e. The third-order valence-electron chi connectivity index (χ3n) is 3.52. The molecule has 2 rings (SSSR count). The molecule has 0 radical (unpaired) electrons. The highest BCUT2D eigenvalue weighted by atomic mass is 16.5. The molecule has 94 valence electrons. The zero-order valence-electron chi connectivity index (χ0n) is 10.6. The van der Waals surface area contributed by atoms with E-state index in [0.29, 0.717) is 17.6 Å². The van der Waals surface area contributed by atoms with Gasteiger partial charge in [0.2, 0.25) is 0 Å². The Labute approximate surface area is 103 Å². The Kier molecular flexibility index (Phi) is 3.94. The first-order chi connectivity index (χ1) is 8.20. The summed E-state index contributed by atoms with van der Waals surface area (Å²) >= 11 is 0. The van der Waals surface area contributed by atoms with Crippen molar-refractivity contribution < 1.29 is 4.74 Å². The van der Waals surface area contributed by atoms with Crippen LogP contribution in [-0.2, 0) is 4.74 Å². The lowest BCUT2D eigenvalue weighted by molar-refractivity contribution is 0.112. The van der Waals surface area contributed by atoms with Crippen LogP contribution in [0.5, 0.6) is 0 Å². The van der Waals surface area contributed by atoms with Crippen LogP contribution in [0.1, 0.15) is 62.6 Å². The second kappa shape index (κ2) is 5.45. The molecule has 0 bridgehead atoms. The Bertz CT molecular complexity index is 375. The van der Waals surface area contributed by atoms with E-state index < -0.39 is 0 Å². The molecule has 1 aliphatic carbocycles. The number of anilines is 1. The fourth-order valence-electron chi connectivity index (χ4n) is 2.40. The lowest BCUT2D eigenvalue weighted by Crippen LogP contribution is -2.12. The van der Waals surface area contributed by atoms with Gasteiger partial charge >= 0.3 is 0 Å². The number of hydrogen-bond acceptors (Lipinski definition) is 4. The van der Waals surface area contributed by atoms with Gasteiger partial charge < -0.3 is 10.5 Å². The van der Waals surface area contributed by atoms with Gasteiger partial charge in [-0.25, -0.2) is 9.97 Å². The molecule has 0 amide bonds. The summed E-state index contributed by atoms with van der Waals surface area (Å²) in [5.74, 6) is 1.81. The molecule has 0 aromatic carbocycles. The van der Waals surface area contributed by atoms with Crippen molar-refractivity contribution >= 4 is 5.82 Å². The van der Waals surface area contributed by atoms with Crippen molar-refractivity contribution in [2.45, 2.75) is 51.0 Å². The first kappa shape index (κ1) is 12.3. The van der Waals surface area contributed by atoms with Crippen molar-refractivity contribution in [3.05, 3.63) is 17.6 Å². The third-order valence-corrected chi connectivity index (χ3v) is 3.52. The highest BCUT2D eigenvalue weighted by molar-refractivity contribution is 5.32. The maximum absolute atomic E-state index is 5.85. The van der Waals surface area contributed by atoms with Gasteiger partial charge in [0, 0.05) is 24.8 Å². The van der Waals surface area contributed by atoms with E-state index in [4.69, 9.17) is 10.5 Å². The Balaban J connectivity index is 2.24. The molecule has 1 aromatic heterocycles. The molecule has 0 aliphatic heterocycles. The first-order valence-electron chi connectivity index (χ1n) is 6.38. The number of methoxy groups -OCH3 is 1. The van der Waals surface area contributed by atoms with Gasteiger partial charge in [-0.05, 0) is 19.8 Å². The first-order valence-corrected chi connectivity index (χ1v) is 6.38. The minimum atomic E-state index is -0.0964. The van der Waals surface area contributed by atoms with Crippen molar-refractivity contribution in [3.8, 4) is 0 Å². The average Bonchev–Trinajstić information content (AvgIpc) is 2.38. The molecule has 17 heavy (non-hydrogen) atoms. The lowest BCUT2D eigenvalue weighted by atomic mass is 9.87. The summed E-state index contributed by atoms with van der Waals surface area (Å²) in [6.45, 7) is 1.94. The van der Waals surface area contributed by atoms with Crippen LogP contribution in [0.4, 0.5) is 5.82 Å². The van der Waals surface area contributed by atoms with Crippen molar-refractivity contribution in [2.24, 2.45) is 0 Å². The molecule has 4 nitrogen and oxygen atoms in total. The number of aromatic nitrogens is 2. The largest absolute Gasteiger partial charge is 0.384 e. The van der Waals surface area contributed by atoms with Gasteiger partial charge in [0.15, 0.2) is 5.82 Å². The predicted octanol–water partition coefficient (Wildman–Crippen LogP) is 2.81. The number of rotatable bonds is 3. The molecule has 2 N–H and O–H groups in total. The predicted molar refractivity (Wildman–Crippen MR) is 67.7 cm³/mol. The fourth-order valence-corrected chi connectivity index (χ4v) is 2.40. The quantitative estimate of drug-likeness (QED) is 0.875. The zero-order valence-corrected chi connectivity index (χ0v) is 10.6. The minimum absolute atomic E-state index is 0.0964. The van der Waals surface area contributed by atoms with Crippen LogP contribution < -0.4 is 5.73 Å². The van der Waals surface area contributed by atoms with Gasteiger partial charge in [0.1, 0.15) is 11.9 Å². The van der Waals surface area contributed by atoms with Crippen LogP contribution in [-0.4, -0.2) is 17.1 Å². The number of nitrogen functional groups attached to an aromatic ring is 1. The molecule has 1 saturated carbocycles. The van der Waals surface area contributed by atoms with Gasteiger partial charge in [-0.2, -0.15) is 0 Å². The molecule has 1 fully saturated rings. The number of ether oxygens (including phenoxy) is 1. The second-order valence-corrected chi connectivity index (χ2v) is 4.79. The van der Waals surface area contributed by atoms with Gasteiger partial charge in [0.05, 0.1) is 0 Å². The van der Waals surface area contributed by atoms with Crippen LogP contribution in [0.15, 0.2) is 6.07 Å². The van der Waals surface area contributed by atoms with Gasteiger partial charge in [0.25, 0.3) is 0 Å². The monoisotopic (exact) mass is 235 g/mol. The summed E-state index contributed by atoms with van der Waals surface area (Å²) in [6.07, 6.45) is 6.28. The summed E-state index contributed by atoms with van der Waals surface area (Å²) in [5.41, 5.74) is 6.95.